The number of aromatic carboxylic acids is 1. The summed E-state index contributed by atoms with van der Waals surface area (Å²) in [4.78, 5) is 26.2. The average molecular weight is 237 g/mol. The van der Waals surface area contributed by atoms with Crippen molar-refractivity contribution in [3.8, 4) is 11.6 Å². The molecule has 6 nitrogen and oxygen atoms in total. The van der Waals surface area contributed by atoms with E-state index >= 15 is 0 Å². The van der Waals surface area contributed by atoms with Crippen LogP contribution >= 0.6 is 11.6 Å². The lowest BCUT2D eigenvalue weighted by Gasteiger charge is -2.00. The second kappa shape index (κ2) is 4.19. The first-order chi connectivity index (χ1) is 7.66. The van der Waals surface area contributed by atoms with Crippen molar-refractivity contribution in [3.05, 3.63) is 35.4 Å². The maximum absolute atomic E-state index is 10.7. The topological polar surface area (TPSA) is 88.9 Å². The maximum atomic E-state index is 10.7. The van der Waals surface area contributed by atoms with Gasteiger partial charge in [0.2, 0.25) is 0 Å². The Labute approximate surface area is 95.0 Å². The van der Waals surface area contributed by atoms with Gasteiger partial charge in [-0.15, -0.1) is 0 Å². The van der Waals surface area contributed by atoms with Crippen LogP contribution in [0.15, 0.2) is 24.5 Å². The van der Waals surface area contributed by atoms with Gasteiger partial charge in [-0.2, -0.15) is 0 Å². The van der Waals surface area contributed by atoms with Gasteiger partial charge in [0.25, 0.3) is 0 Å². The van der Waals surface area contributed by atoms with Crippen LogP contribution in [0.2, 0.25) is 5.15 Å². The summed E-state index contributed by atoms with van der Waals surface area (Å²) in [6.45, 7) is 0. The Bertz CT molecular complexity index is 532. The summed E-state index contributed by atoms with van der Waals surface area (Å²) in [5, 5.41) is 8.83. The molecule has 0 atom stereocenters. The van der Waals surface area contributed by atoms with Crippen molar-refractivity contribution in [3.63, 3.8) is 0 Å². The van der Waals surface area contributed by atoms with Gasteiger partial charge < -0.3 is 5.11 Å². The van der Waals surface area contributed by atoms with Crippen LogP contribution in [-0.2, 0) is 0 Å². The molecule has 0 fully saturated rings. The molecule has 2 aromatic rings. The Hall–Kier alpha value is -2.08. The molecule has 7 heteroatoms. The van der Waals surface area contributed by atoms with Gasteiger partial charge in [-0.3, -0.25) is 0 Å². The zero-order chi connectivity index (χ0) is 11.5. The van der Waals surface area contributed by atoms with Crippen molar-refractivity contribution in [2.24, 2.45) is 0 Å². The van der Waals surface area contributed by atoms with Crippen LogP contribution in [0, 0.1) is 0 Å². The Morgan fingerprint density at radius 2 is 1.88 bits per heavy atom. The van der Waals surface area contributed by atoms with Gasteiger partial charge in [0, 0.05) is 18.5 Å². The van der Waals surface area contributed by atoms with Gasteiger partial charge in [-0.1, -0.05) is 11.6 Å². The number of rotatable bonds is 2. The fourth-order valence-corrected chi connectivity index (χ4v) is 1.23. The van der Waals surface area contributed by atoms with Crippen molar-refractivity contribution in [2.75, 3.05) is 0 Å². The fourth-order valence-electron chi connectivity index (χ4n) is 1.04. The zero-order valence-electron chi connectivity index (χ0n) is 7.83. The van der Waals surface area contributed by atoms with E-state index < -0.39 is 5.97 Å². The van der Waals surface area contributed by atoms with Crippen LogP contribution in [0.3, 0.4) is 0 Å². The van der Waals surface area contributed by atoms with Gasteiger partial charge >= 0.3 is 5.97 Å². The highest BCUT2D eigenvalue weighted by molar-refractivity contribution is 6.29. The Morgan fingerprint density at radius 1 is 1.19 bits per heavy atom. The van der Waals surface area contributed by atoms with Crippen molar-refractivity contribution in [1.82, 2.24) is 19.9 Å². The molecule has 1 N–H and O–H groups in total. The van der Waals surface area contributed by atoms with Crippen LogP contribution in [0.1, 0.15) is 10.5 Å². The molecule has 0 bridgehead atoms. The number of halogens is 1. The largest absolute Gasteiger partial charge is 0.477 e. The van der Waals surface area contributed by atoms with E-state index in [1.54, 1.807) is 6.07 Å². The van der Waals surface area contributed by atoms with Gasteiger partial charge in [0.05, 0.1) is 0 Å². The third-order valence-corrected chi connectivity index (χ3v) is 1.87. The van der Waals surface area contributed by atoms with Crippen LogP contribution in [0.5, 0.6) is 0 Å². The molecule has 2 heterocycles. The van der Waals surface area contributed by atoms with Gasteiger partial charge in [0.15, 0.2) is 17.3 Å². The van der Waals surface area contributed by atoms with E-state index in [1.807, 2.05) is 0 Å². The number of hydrogen-bond donors (Lipinski definition) is 1. The lowest BCUT2D eigenvalue weighted by Crippen LogP contribution is -2.04. The standard InChI is InChI=1S/C9H5ClN4O2/c10-6-4-5(9(15)16)13-8(14-6)7-11-2-1-3-12-7/h1-4H,(H,15,16). The van der Waals surface area contributed by atoms with Gasteiger partial charge in [-0.25, -0.2) is 24.7 Å². The van der Waals surface area contributed by atoms with E-state index in [4.69, 9.17) is 16.7 Å². The van der Waals surface area contributed by atoms with Crippen molar-refractivity contribution in [2.45, 2.75) is 0 Å². The SMILES string of the molecule is O=C(O)c1cc(Cl)nc(-c2ncccn2)n1. The number of aromatic nitrogens is 4. The fraction of sp³-hybridized carbons (Fsp3) is 0. The zero-order valence-corrected chi connectivity index (χ0v) is 8.59. The quantitative estimate of drug-likeness (QED) is 0.791. The molecule has 0 aliphatic carbocycles. The molecule has 0 unspecified atom stereocenters. The first-order valence-electron chi connectivity index (χ1n) is 4.22. The predicted molar refractivity (Wildman–Crippen MR) is 55.0 cm³/mol. The molecule has 0 aromatic carbocycles. The minimum Gasteiger partial charge on any atom is -0.477 e. The summed E-state index contributed by atoms with van der Waals surface area (Å²) < 4.78 is 0. The first kappa shape index (κ1) is 10.4. The normalized spacial score (nSPS) is 10.1. The molecule has 16 heavy (non-hydrogen) atoms. The molecule has 2 rings (SSSR count). The van der Waals surface area contributed by atoms with Crippen LogP contribution in [0.4, 0.5) is 0 Å². The van der Waals surface area contributed by atoms with Crippen LogP contribution in [-0.4, -0.2) is 31.0 Å². The number of carboxylic acids is 1. The van der Waals surface area contributed by atoms with Crippen LogP contribution < -0.4 is 0 Å². The molecule has 0 aliphatic heterocycles. The van der Waals surface area contributed by atoms with E-state index in [0.717, 1.165) is 6.07 Å². The third-order valence-electron chi connectivity index (χ3n) is 1.68. The van der Waals surface area contributed by atoms with Crippen molar-refractivity contribution >= 4 is 17.6 Å². The monoisotopic (exact) mass is 236 g/mol. The molecule has 0 spiro atoms. The highest BCUT2D eigenvalue weighted by atomic mass is 35.5. The van der Waals surface area contributed by atoms with E-state index in [-0.39, 0.29) is 22.5 Å². The Balaban J connectivity index is 2.54. The summed E-state index contributed by atoms with van der Waals surface area (Å²) in [5.41, 5.74) is -0.192. The van der Waals surface area contributed by atoms with Gasteiger partial charge in [0.1, 0.15) is 5.15 Å². The maximum Gasteiger partial charge on any atom is 0.354 e. The first-order valence-corrected chi connectivity index (χ1v) is 4.60. The van der Waals surface area contributed by atoms with Crippen molar-refractivity contribution < 1.29 is 9.90 Å². The van der Waals surface area contributed by atoms with E-state index in [9.17, 15) is 4.79 Å². The van der Waals surface area contributed by atoms with E-state index in [0.29, 0.717) is 0 Å². The van der Waals surface area contributed by atoms with Crippen LogP contribution in [0.25, 0.3) is 11.6 Å². The van der Waals surface area contributed by atoms with E-state index in [2.05, 4.69) is 19.9 Å². The Morgan fingerprint density at radius 3 is 2.50 bits per heavy atom. The predicted octanol–water partition coefficient (Wildman–Crippen LogP) is 1.29. The van der Waals surface area contributed by atoms with E-state index in [1.165, 1.54) is 12.4 Å². The molecule has 2 aromatic heterocycles. The molecule has 80 valence electrons. The second-order valence-electron chi connectivity index (χ2n) is 2.78. The number of carbonyl (C=O) groups is 1. The number of carboxylic acid groups (broad SMARTS) is 1. The minimum absolute atomic E-state index is 0.0369. The molecular weight excluding hydrogens is 232 g/mol. The molecule has 0 saturated carbocycles. The molecule has 0 amide bonds. The molecular formula is C9H5ClN4O2. The summed E-state index contributed by atoms with van der Waals surface area (Å²) in [6, 6.07) is 2.79. The Kier molecular flexibility index (Phi) is 2.74. The summed E-state index contributed by atoms with van der Waals surface area (Å²) in [7, 11) is 0. The smallest absolute Gasteiger partial charge is 0.354 e. The molecule has 0 aliphatic rings. The second-order valence-corrected chi connectivity index (χ2v) is 3.16. The molecule has 0 radical (unpaired) electrons. The van der Waals surface area contributed by atoms with Crippen molar-refractivity contribution in [1.29, 1.82) is 0 Å². The molecule has 0 saturated heterocycles. The lowest BCUT2D eigenvalue weighted by atomic mass is 10.4. The third kappa shape index (κ3) is 2.12. The number of nitrogens with zero attached hydrogens (tertiary/aromatic N) is 4. The summed E-state index contributed by atoms with van der Waals surface area (Å²) in [5.74, 6) is -0.862. The highest BCUT2D eigenvalue weighted by Gasteiger charge is 2.12. The summed E-state index contributed by atoms with van der Waals surface area (Å²) in [6.07, 6.45) is 3.01. The minimum atomic E-state index is -1.18. The average Bonchev–Trinajstić information content (AvgIpc) is 2.29. The number of hydrogen-bond acceptors (Lipinski definition) is 5. The highest BCUT2D eigenvalue weighted by Crippen LogP contribution is 2.13. The van der Waals surface area contributed by atoms with Gasteiger partial charge in [-0.05, 0) is 6.07 Å². The summed E-state index contributed by atoms with van der Waals surface area (Å²) >= 11 is 5.67. The lowest BCUT2D eigenvalue weighted by molar-refractivity contribution is 0.0690.